The molecule has 19 heavy (non-hydrogen) atoms. The minimum Gasteiger partial charge on any atom is -0.388 e. The van der Waals surface area contributed by atoms with Gasteiger partial charge in [0.15, 0.2) is 11.6 Å². The van der Waals surface area contributed by atoms with Crippen molar-refractivity contribution >= 4 is 11.6 Å². The summed E-state index contributed by atoms with van der Waals surface area (Å²) in [6, 6.07) is 1.96. The molecule has 2 saturated carbocycles. The number of halogens is 3. The molecule has 2 fully saturated rings. The van der Waals surface area contributed by atoms with E-state index in [2.05, 4.69) is 0 Å². The number of aliphatic hydroxyl groups excluding tert-OH is 1. The maximum atomic E-state index is 13.2. The number of fused-ring (bicyclic) bond motifs is 2. The zero-order valence-corrected chi connectivity index (χ0v) is 11.3. The van der Waals surface area contributed by atoms with Crippen LogP contribution in [-0.4, -0.2) is 5.11 Å². The summed E-state index contributed by atoms with van der Waals surface area (Å²) in [6.45, 7) is 0. The minimum absolute atomic E-state index is 0.106. The van der Waals surface area contributed by atoms with Crippen LogP contribution in [0.4, 0.5) is 8.78 Å². The van der Waals surface area contributed by atoms with Crippen LogP contribution in [0.1, 0.15) is 43.8 Å². The average molecular weight is 287 g/mol. The van der Waals surface area contributed by atoms with Crippen LogP contribution in [0, 0.1) is 29.4 Å². The van der Waals surface area contributed by atoms with Crippen LogP contribution in [0.2, 0.25) is 5.02 Å². The highest BCUT2D eigenvalue weighted by Crippen LogP contribution is 2.51. The molecule has 0 radical (unpaired) electrons. The summed E-state index contributed by atoms with van der Waals surface area (Å²) in [6.07, 6.45) is 4.78. The van der Waals surface area contributed by atoms with E-state index in [9.17, 15) is 13.9 Å². The Morgan fingerprint density at radius 3 is 2.58 bits per heavy atom. The second kappa shape index (κ2) is 5.02. The lowest BCUT2D eigenvalue weighted by molar-refractivity contribution is 0.125. The summed E-state index contributed by atoms with van der Waals surface area (Å²) in [7, 11) is 0. The highest BCUT2D eigenvalue weighted by atomic mass is 35.5. The zero-order valence-electron chi connectivity index (χ0n) is 10.6. The van der Waals surface area contributed by atoms with E-state index in [1.165, 1.54) is 19.3 Å². The SMILES string of the molecule is OC(CC1CC2CCC1C2)c1cc(F)c(F)cc1Cl. The third-order valence-electron chi connectivity index (χ3n) is 4.81. The van der Waals surface area contributed by atoms with Gasteiger partial charge in [0, 0.05) is 10.6 Å². The summed E-state index contributed by atoms with van der Waals surface area (Å²) in [5.74, 6) is 0.0801. The molecule has 1 nitrogen and oxygen atoms in total. The Morgan fingerprint density at radius 1 is 1.21 bits per heavy atom. The summed E-state index contributed by atoms with van der Waals surface area (Å²) in [4.78, 5) is 0. The van der Waals surface area contributed by atoms with Crippen molar-refractivity contribution in [3.05, 3.63) is 34.4 Å². The monoisotopic (exact) mass is 286 g/mol. The van der Waals surface area contributed by atoms with E-state index in [1.54, 1.807) is 0 Å². The van der Waals surface area contributed by atoms with Crippen molar-refractivity contribution < 1.29 is 13.9 Å². The predicted octanol–water partition coefficient (Wildman–Crippen LogP) is 4.48. The largest absolute Gasteiger partial charge is 0.388 e. The van der Waals surface area contributed by atoms with Crippen molar-refractivity contribution in [2.45, 2.75) is 38.2 Å². The molecule has 1 aromatic carbocycles. The molecule has 4 unspecified atom stereocenters. The van der Waals surface area contributed by atoms with Gasteiger partial charge in [0.1, 0.15) is 0 Å². The van der Waals surface area contributed by atoms with E-state index in [-0.39, 0.29) is 5.02 Å². The standard InChI is InChI=1S/C15H17ClF2O/c16-12-7-14(18)13(17)6-11(12)15(19)5-10-4-8-1-2-9(10)3-8/h6-10,15,19H,1-5H2. The number of hydrogen-bond acceptors (Lipinski definition) is 1. The van der Waals surface area contributed by atoms with Gasteiger partial charge in [-0.15, -0.1) is 0 Å². The molecule has 4 heteroatoms. The Morgan fingerprint density at radius 2 is 1.95 bits per heavy atom. The quantitative estimate of drug-likeness (QED) is 0.813. The highest BCUT2D eigenvalue weighted by Gasteiger charge is 2.40. The lowest BCUT2D eigenvalue weighted by Crippen LogP contribution is -2.14. The van der Waals surface area contributed by atoms with E-state index in [0.717, 1.165) is 24.5 Å². The first-order chi connectivity index (χ1) is 9.04. The Kier molecular flexibility index (Phi) is 3.52. The minimum atomic E-state index is -0.971. The Labute approximate surface area is 116 Å². The maximum absolute atomic E-state index is 13.2. The third-order valence-corrected chi connectivity index (χ3v) is 5.14. The van der Waals surface area contributed by atoms with E-state index >= 15 is 0 Å². The van der Waals surface area contributed by atoms with Crippen molar-refractivity contribution in [2.24, 2.45) is 17.8 Å². The van der Waals surface area contributed by atoms with E-state index < -0.39 is 17.7 Å². The third kappa shape index (κ3) is 2.50. The van der Waals surface area contributed by atoms with Gasteiger partial charge in [-0.25, -0.2) is 8.78 Å². The molecule has 0 saturated heterocycles. The first-order valence-electron chi connectivity index (χ1n) is 6.87. The molecule has 0 aliphatic heterocycles. The fourth-order valence-electron chi connectivity index (χ4n) is 3.87. The second-order valence-corrected chi connectivity index (χ2v) is 6.38. The number of aliphatic hydroxyl groups is 1. The lowest BCUT2D eigenvalue weighted by Gasteiger charge is -2.24. The summed E-state index contributed by atoms with van der Waals surface area (Å²) in [5.41, 5.74) is 0.309. The van der Waals surface area contributed by atoms with Gasteiger partial charge in [-0.3, -0.25) is 0 Å². The first-order valence-corrected chi connectivity index (χ1v) is 7.25. The zero-order chi connectivity index (χ0) is 13.6. The van der Waals surface area contributed by atoms with Gasteiger partial charge >= 0.3 is 0 Å². The molecule has 1 aromatic rings. The molecule has 0 aromatic heterocycles. The van der Waals surface area contributed by atoms with E-state index in [4.69, 9.17) is 11.6 Å². The van der Waals surface area contributed by atoms with Gasteiger partial charge in [-0.1, -0.05) is 18.0 Å². The van der Waals surface area contributed by atoms with Crippen molar-refractivity contribution in [1.29, 1.82) is 0 Å². The Balaban J connectivity index is 1.73. The van der Waals surface area contributed by atoms with Gasteiger partial charge in [0.25, 0.3) is 0 Å². The van der Waals surface area contributed by atoms with Gasteiger partial charge < -0.3 is 5.11 Å². The molecule has 2 aliphatic carbocycles. The van der Waals surface area contributed by atoms with E-state index in [0.29, 0.717) is 23.8 Å². The molecule has 3 rings (SSSR count). The van der Waals surface area contributed by atoms with Crippen molar-refractivity contribution in [2.75, 3.05) is 0 Å². The molecule has 0 heterocycles. The number of benzene rings is 1. The van der Waals surface area contributed by atoms with E-state index in [1.807, 2.05) is 0 Å². The summed E-state index contributed by atoms with van der Waals surface area (Å²) >= 11 is 5.89. The maximum Gasteiger partial charge on any atom is 0.160 e. The van der Waals surface area contributed by atoms with Crippen LogP contribution >= 0.6 is 11.6 Å². The molecule has 1 N–H and O–H groups in total. The molecular weight excluding hydrogens is 270 g/mol. The molecule has 0 spiro atoms. The second-order valence-electron chi connectivity index (χ2n) is 5.97. The van der Waals surface area contributed by atoms with Crippen LogP contribution in [0.5, 0.6) is 0 Å². The van der Waals surface area contributed by atoms with Crippen LogP contribution in [0.15, 0.2) is 12.1 Å². The van der Waals surface area contributed by atoms with Crippen LogP contribution < -0.4 is 0 Å². The molecule has 2 bridgehead atoms. The van der Waals surface area contributed by atoms with Crippen molar-refractivity contribution in [1.82, 2.24) is 0 Å². The van der Waals surface area contributed by atoms with Gasteiger partial charge in [0.2, 0.25) is 0 Å². The highest BCUT2D eigenvalue weighted by molar-refractivity contribution is 6.31. The van der Waals surface area contributed by atoms with Crippen molar-refractivity contribution in [3.63, 3.8) is 0 Å². The number of rotatable bonds is 3. The average Bonchev–Trinajstić information content (AvgIpc) is 2.95. The fraction of sp³-hybridized carbons (Fsp3) is 0.600. The smallest absolute Gasteiger partial charge is 0.160 e. The molecular formula is C15H17ClF2O. The Bertz CT molecular complexity index is 491. The van der Waals surface area contributed by atoms with Crippen LogP contribution in [0.25, 0.3) is 0 Å². The van der Waals surface area contributed by atoms with Crippen LogP contribution in [-0.2, 0) is 0 Å². The Hall–Kier alpha value is -0.670. The predicted molar refractivity (Wildman–Crippen MR) is 69.9 cm³/mol. The summed E-state index contributed by atoms with van der Waals surface area (Å²) in [5, 5.41) is 10.3. The molecule has 0 amide bonds. The van der Waals surface area contributed by atoms with Crippen LogP contribution in [0.3, 0.4) is 0 Å². The lowest BCUT2D eigenvalue weighted by atomic mass is 9.83. The van der Waals surface area contributed by atoms with Gasteiger partial charge in [-0.2, -0.15) is 0 Å². The van der Waals surface area contributed by atoms with Crippen molar-refractivity contribution in [3.8, 4) is 0 Å². The van der Waals surface area contributed by atoms with Gasteiger partial charge in [-0.05, 0) is 55.6 Å². The topological polar surface area (TPSA) is 20.2 Å². The molecule has 4 atom stereocenters. The molecule has 2 aliphatic rings. The number of hydrogen-bond donors (Lipinski definition) is 1. The normalized spacial score (nSPS) is 30.8. The summed E-state index contributed by atoms with van der Waals surface area (Å²) < 4.78 is 26.2. The molecule has 104 valence electrons. The van der Waals surface area contributed by atoms with Gasteiger partial charge in [0.05, 0.1) is 6.10 Å². The first kappa shape index (κ1) is 13.3. The fourth-order valence-corrected chi connectivity index (χ4v) is 4.15.